The Morgan fingerprint density at radius 2 is 1.55 bits per heavy atom. The number of halogens is 6. The average Bonchev–Trinajstić information content (AvgIpc) is 3.48. The van der Waals surface area contributed by atoms with Crippen LogP contribution < -0.4 is 0 Å². The molecular weight excluding hydrogens is 548 g/mol. The highest BCUT2D eigenvalue weighted by molar-refractivity contribution is 7.07. The van der Waals surface area contributed by atoms with E-state index in [9.17, 15) is 31.1 Å². The van der Waals surface area contributed by atoms with Crippen LogP contribution in [0.15, 0.2) is 16.8 Å². The van der Waals surface area contributed by atoms with Crippen LogP contribution in [-0.4, -0.2) is 105 Å². The molecular formula is C21H25F6N5O5S. The molecule has 1 fully saturated rings. The lowest BCUT2D eigenvalue weighted by molar-refractivity contribution is -0.193. The molecule has 0 spiro atoms. The number of alkyl halides is 6. The number of carbonyl (C=O) groups is 3. The Balaban J connectivity index is 0.000000301. The van der Waals surface area contributed by atoms with Crippen molar-refractivity contribution in [3.63, 3.8) is 0 Å². The van der Waals surface area contributed by atoms with Crippen molar-refractivity contribution in [3.8, 4) is 0 Å². The summed E-state index contributed by atoms with van der Waals surface area (Å²) in [5.41, 5.74) is 4.23. The molecule has 2 aromatic heterocycles. The molecule has 212 valence electrons. The Kier molecular flexibility index (Phi) is 10.7. The Labute approximate surface area is 216 Å². The highest BCUT2D eigenvalue weighted by atomic mass is 32.1. The van der Waals surface area contributed by atoms with Gasteiger partial charge in [-0.1, -0.05) is 0 Å². The summed E-state index contributed by atoms with van der Waals surface area (Å²) < 4.78 is 63.5. The number of nitrogens with one attached hydrogen (secondary N) is 1. The van der Waals surface area contributed by atoms with Crippen molar-refractivity contribution < 1.29 is 50.9 Å². The molecule has 2 aliphatic heterocycles. The molecule has 4 rings (SSSR count). The van der Waals surface area contributed by atoms with Crippen LogP contribution in [0.1, 0.15) is 27.3 Å². The Morgan fingerprint density at radius 3 is 2.03 bits per heavy atom. The molecule has 38 heavy (non-hydrogen) atoms. The lowest BCUT2D eigenvalue weighted by Gasteiger charge is -2.32. The van der Waals surface area contributed by atoms with E-state index in [4.69, 9.17) is 19.8 Å². The summed E-state index contributed by atoms with van der Waals surface area (Å²) in [4.78, 5) is 37.2. The predicted molar refractivity (Wildman–Crippen MR) is 122 cm³/mol. The molecule has 0 unspecified atom stereocenters. The molecule has 0 aliphatic carbocycles. The van der Waals surface area contributed by atoms with Crippen molar-refractivity contribution in [2.75, 3.05) is 39.8 Å². The number of rotatable bonds is 3. The predicted octanol–water partition coefficient (Wildman–Crippen LogP) is 2.68. The lowest BCUT2D eigenvalue weighted by atomic mass is 10.0. The lowest BCUT2D eigenvalue weighted by Crippen LogP contribution is -2.47. The van der Waals surface area contributed by atoms with E-state index in [-0.39, 0.29) is 5.91 Å². The maximum absolute atomic E-state index is 12.8. The van der Waals surface area contributed by atoms with E-state index in [1.54, 1.807) is 11.3 Å². The number of likely N-dealkylation sites (N-methyl/N-ethyl adjacent to an activating group) is 1. The third-order valence-corrected chi connectivity index (χ3v) is 6.21. The number of nitrogens with zero attached hydrogens (tertiary/aromatic N) is 4. The summed E-state index contributed by atoms with van der Waals surface area (Å²) in [5, 5.41) is 26.1. The topological polar surface area (TPSA) is 130 Å². The summed E-state index contributed by atoms with van der Waals surface area (Å²) in [6.07, 6.45) is -9.27. The number of hydrogen-bond acceptors (Lipinski definition) is 7. The van der Waals surface area contributed by atoms with Crippen LogP contribution in [0.2, 0.25) is 0 Å². The number of aromatic amines is 1. The van der Waals surface area contributed by atoms with Gasteiger partial charge in [-0.15, -0.1) is 0 Å². The highest BCUT2D eigenvalue weighted by Crippen LogP contribution is 2.23. The van der Waals surface area contributed by atoms with Crippen LogP contribution in [0.25, 0.3) is 0 Å². The van der Waals surface area contributed by atoms with Gasteiger partial charge in [-0.2, -0.15) is 42.8 Å². The third-order valence-electron chi connectivity index (χ3n) is 5.48. The van der Waals surface area contributed by atoms with Gasteiger partial charge in [-0.05, 0) is 35.9 Å². The molecule has 3 N–H and O–H groups in total. The number of thiophene rings is 1. The molecule has 0 aromatic carbocycles. The standard InChI is InChI=1S/C17H23N5OS.2C2HF3O2/c1-20-5-7-22(8-6-20)17(23)16-14-2-4-21(11-15(14)18-19-16)10-13-3-9-24-12-13;2*3-2(4,5)1(6)7/h3,9,12H,2,4-8,10-11H2,1H3,(H,18,19);2*(H,6,7). The number of piperazine rings is 1. The van der Waals surface area contributed by atoms with E-state index >= 15 is 0 Å². The van der Waals surface area contributed by atoms with Crippen LogP contribution in [0.3, 0.4) is 0 Å². The minimum Gasteiger partial charge on any atom is -0.475 e. The molecule has 17 heteroatoms. The maximum Gasteiger partial charge on any atom is 0.490 e. The van der Waals surface area contributed by atoms with E-state index in [0.717, 1.165) is 63.5 Å². The van der Waals surface area contributed by atoms with E-state index in [2.05, 4.69) is 43.9 Å². The van der Waals surface area contributed by atoms with E-state index in [1.807, 2.05) is 4.90 Å². The van der Waals surface area contributed by atoms with Gasteiger partial charge >= 0.3 is 24.3 Å². The molecule has 2 aliphatic rings. The van der Waals surface area contributed by atoms with Gasteiger partial charge in [-0.25, -0.2) is 9.59 Å². The number of fused-ring (bicyclic) bond motifs is 1. The number of carbonyl (C=O) groups excluding carboxylic acids is 1. The van der Waals surface area contributed by atoms with Crippen LogP contribution in [0.5, 0.6) is 0 Å². The van der Waals surface area contributed by atoms with Crippen LogP contribution in [0.4, 0.5) is 26.3 Å². The zero-order valence-corrected chi connectivity index (χ0v) is 20.8. The molecule has 1 amide bonds. The fourth-order valence-corrected chi connectivity index (χ4v) is 4.15. The number of aliphatic carboxylic acids is 2. The minimum absolute atomic E-state index is 0.0897. The van der Waals surface area contributed by atoms with E-state index in [0.29, 0.717) is 5.69 Å². The van der Waals surface area contributed by atoms with Crippen molar-refractivity contribution in [1.82, 2.24) is 24.9 Å². The summed E-state index contributed by atoms with van der Waals surface area (Å²) in [6, 6.07) is 2.18. The smallest absolute Gasteiger partial charge is 0.475 e. The first-order valence-electron chi connectivity index (χ1n) is 11.0. The molecule has 0 atom stereocenters. The zero-order valence-electron chi connectivity index (χ0n) is 20.0. The second-order valence-corrected chi connectivity index (χ2v) is 9.10. The molecule has 1 saturated heterocycles. The fourth-order valence-electron chi connectivity index (χ4n) is 3.49. The molecule has 0 bridgehead atoms. The number of carboxylic acids is 2. The van der Waals surface area contributed by atoms with Crippen molar-refractivity contribution in [3.05, 3.63) is 39.3 Å². The van der Waals surface area contributed by atoms with Gasteiger partial charge in [0.05, 0.1) is 5.69 Å². The molecule has 2 aromatic rings. The first-order valence-corrected chi connectivity index (χ1v) is 11.9. The third kappa shape index (κ3) is 9.29. The highest BCUT2D eigenvalue weighted by Gasteiger charge is 2.39. The summed E-state index contributed by atoms with van der Waals surface area (Å²) in [5.74, 6) is -5.42. The first kappa shape index (κ1) is 31.0. The Morgan fingerprint density at radius 1 is 1.00 bits per heavy atom. The van der Waals surface area contributed by atoms with Gasteiger partial charge in [0.1, 0.15) is 0 Å². The molecule has 0 radical (unpaired) electrons. The number of aromatic nitrogens is 2. The van der Waals surface area contributed by atoms with Crippen LogP contribution >= 0.6 is 11.3 Å². The number of carboxylic acid groups (broad SMARTS) is 2. The van der Waals surface area contributed by atoms with Gasteiger partial charge in [0.15, 0.2) is 5.69 Å². The minimum atomic E-state index is -5.08. The molecule has 10 nitrogen and oxygen atoms in total. The summed E-state index contributed by atoms with van der Waals surface area (Å²) >= 11 is 1.74. The largest absolute Gasteiger partial charge is 0.490 e. The maximum atomic E-state index is 12.8. The normalized spacial score (nSPS) is 16.4. The molecule has 0 saturated carbocycles. The second kappa shape index (κ2) is 13.1. The van der Waals surface area contributed by atoms with Gasteiger partial charge in [0.2, 0.25) is 0 Å². The summed E-state index contributed by atoms with van der Waals surface area (Å²) in [7, 11) is 2.10. The van der Waals surface area contributed by atoms with Crippen LogP contribution in [0, 0.1) is 0 Å². The summed E-state index contributed by atoms with van der Waals surface area (Å²) in [6.45, 7) is 6.24. The Hall–Kier alpha value is -3.18. The van der Waals surface area contributed by atoms with Crippen molar-refractivity contribution in [2.24, 2.45) is 0 Å². The van der Waals surface area contributed by atoms with E-state index in [1.165, 1.54) is 5.56 Å². The SMILES string of the molecule is CN1CCN(C(=O)c2n[nH]c3c2CCN(Cc2ccsc2)C3)CC1.O=C(O)C(F)(F)F.O=C(O)C(F)(F)F. The van der Waals surface area contributed by atoms with Crippen molar-refractivity contribution in [1.29, 1.82) is 0 Å². The van der Waals surface area contributed by atoms with Crippen molar-refractivity contribution in [2.45, 2.75) is 31.9 Å². The quantitative estimate of drug-likeness (QED) is 0.478. The van der Waals surface area contributed by atoms with Gasteiger partial charge in [0.25, 0.3) is 5.91 Å². The second-order valence-electron chi connectivity index (χ2n) is 8.32. The van der Waals surface area contributed by atoms with E-state index < -0.39 is 24.3 Å². The van der Waals surface area contributed by atoms with Gasteiger partial charge in [0, 0.05) is 51.4 Å². The monoisotopic (exact) mass is 573 g/mol. The Bertz CT molecular complexity index is 1060. The first-order chi connectivity index (χ1) is 17.6. The number of hydrogen-bond donors (Lipinski definition) is 3. The van der Waals surface area contributed by atoms with Gasteiger partial charge < -0.3 is 20.0 Å². The van der Waals surface area contributed by atoms with Crippen molar-refractivity contribution >= 4 is 29.2 Å². The average molecular weight is 574 g/mol. The number of amides is 1. The van der Waals surface area contributed by atoms with Gasteiger partial charge in [-0.3, -0.25) is 14.8 Å². The molecule has 4 heterocycles. The van der Waals surface area contributed by atoms with Crippen LogP contribution in [-0.2, 0) is 29.1 Å². The number of H-pyrrole nitrogens is 1. The zero-order chi connectivity index (χ0) is 28.7. The fraction of sp³-hybridized carbons (Fsp3) is 0.524.